The van der Waals surface area contributed by atoms with Gasteiger partial charge in [0.15, 0.2) is 6.61 Å². The Morgan fingerprint density at radius 2 is 1.89 bits per heavy atom. The number of carbonyl (C=O) groups excluding carboxylic acids is 3. The largest absolute Gasteiger partial charge is 0.484 e. The van der Waals surface area contributed by atoms with Gasteiger partial charge in [-0.05, 0) is 37.0 Å². The maximum absolute atomic E-state index is 11.7. The second-order valence-corrected chi connectivity index (χ2v) is 7.55. The van der Waals surface area contributed by atoms with E-state index in [1.54, 1.807) is 17.0 Å². The van der Waals surface area contributed by atoms with E-state index in [1.807, 2.05) is 12.1 Å². The highest BCUT2D eigenvalue weighted by Crippen LogP contribution is 2.19. The Labute approximate surface area is 168 Å². The number of aryl methyl sites for hydroxylation is 1. The van der Waals surface area contributed by atoms with Gasteiger partial charge < -0.3 is 4.74 Å². The molecule has 3 amide bonds. The molecule has 1 fully saturated rings. The summed E-state index contributed by atoms with van der Waals surface area (Å²) < 4.78 is 5.96. The van der Waals surface area contributed by atoms with Crippen LogP contribution in [0.4, 0.5) is 0 Å². The second-order valence-electron chi connectivity index (χ2n) is 5.94. The SMILES string of the molecule is CCc1ccc(OCC(=O)NNC(=O)CCCCN2C(=O)CSC2=S)cc1. The Morgan fingerprint density at radius 1 is 1.19 bits per heavy atom. The number of carbonyl (C=O) groups is 3. The molecule has 1 heterocycles. The van der Waals surface area contributed by atoms with Crippen molar-refractivity contribution in [3.05, 3.63) is 29.8 Å². The predicted molar refractivity (Wildman–Crippen MR) is 108 cm³/mol. The van der Waals surface area contributed by atoms with Crippen LogP contribution in [-0.2, 0) is 20.8 Å². The number of benzene rings is 1. The van der Waals surface area contributed by atoms with E-state index in [0.29, 0.717) is 35.2 Å². The molecular formula is C18H23N3O4S2. The van der Waals surface area contributed by atoms with Gasteiger partial charge in [0, 0.05) is 13.0 Å². The van der Waals surface area contributed by atoms with Crippen LogP contribution in [0.5, 0.6) is 5.75 Å². The zero-order chi connectivity index (χ0) is 19.6. The molecule has 0 saturated carbocycles. The van der Waals surface area contributed by atoms with E-state index in [-0.39, 0.29) is 24.8 Å². The molecule has 2 N–H and O–H groups in total. The maximum atomic E-state index is 11.7. The second kappa shape index (κ2) is 10.9. The van der Waals surface area contributed by atoms with Gasteiger partial charge in [0.1, 0.15) is 10.1 Å². The topological polar surface area (TPSA) is 87.7 Å². The molecule has 1 saturated heterocycles. The predicted octanol–water partition coefficient (Wildman–Crippen LogP) is 1.81. The molecule has 146 valence electrons. The first-order chi connectivity index (χ1) is 13.0. The fourth-order valence-corrected chi connectivity index (χ4v) is 3.48. The third-order valence-electron chi connectivity index (χ3n) is 3.92. The minimum absolute atomic E-state index is 0.0195. The number of thioether (sulfide) groups is 1. The number of thiocarbonyl (C=S) groups is 1. The first kappa shape index (κ1) is 21.2. The zero-order valence-corrected chi connectivity index (χ0v) is 16.8. The van der Waals surface area contributed by atoms with Crippen molar-refractivity contribution >= 4 is 46.0 Å². The summed E-state index contributed by atoms with van der Waals surface area (Å²) in [6, 6.07) is 7.49. The van der Waals surface area contributed by atoms with Crippen LogP contribution < -0.4 is 15.6 Å². The molecule has 1 aliphatic rings. The Hall–Kier alpha value is -2.13. The highest BCUT2D eigenvalue weighted by molar-refractivity contribution is 8.23. The lowest BCUT2D eigenvalue weighted by Crippen LogP contribution is -2.43. The first-order valence-corrected chi connectivity index (χ1v) is 10.2. The molecule has 0 unspecified atom stereocenters. The molecule has 9 heteroatoms. The van der Waals surface area contributed by atoms with E-state index in [2.05, 4.69) is 17.8 Å². The summed E-state index contributed by atoms with van der Waals surface area (Å²) in [6.45, 7) is 2.40. The number of ether oxygens (including phenoxy) is 1. The third-order valence-corrected chi connectivity index (χ3v) is 5.35. The minimum atomic E-state index is -0.437. The van der Waals surface area contributed by atoms with Crippen LogP contribution >= 0.6 is 24.0 Å². The molecule has 0 aromatic heterocycles. The van der Waals surface area contributed by atoms with Crippen molar-refractivity contribution in [1.82, 2.24) is 15.8 Å². The molecular weight excluding hydrogens is 386 g/mol. The minimum Gasteiger partial charge on any atom is -0.484 e. The number of hydrogen-bond donors (Lipinski definition) is 2. The van der Waals surface area contributed by atoms with Crippen molar-refractivity contribution in [1.29, 1.82) is 0 Å². The maximum Gasteiger partial charge on any atom is 0.276 e. The summed E-state index contributed by atoms with van der Waals surface area (Å²) in [5, 5.41) is 0. The van der Waals surface area contributed by atoms with Gasteiger partial charge in [0.05, 0.1) is 5.75 Å². The Bertz CT molecular complexity index is 678. The van der Waals surface area contributed by atoms with E-state index in [4.69, 9.17) is 17.0 Å². The fourth-order valence-electron chi connectivity index (χ4n) is 2.36. The summed E-state index contributed by atoms with van der Waals surface area (Å²) in [4.78, 5) is 36.6. The summed E-state index contributed by atoms with van der Waals surface area (Å²) in [6.07, 6.45) is 2.46. The number of rotatable bonds is 9. The van der Waals surface area contributed by atoms with Gasteiger partial charge in [-0.15, -0.1) is 0 Å². The lowest BCUT2D eigenvalue weighted by Gasteiger charge is -2.14. The Balaban J connectivity index is 1.55. The zero-order valence-electron chi connectivity index (χ0n) is 15.2. The molecule has 1 aliphatic heterocycles. The van der Waals surface area contributed by atoms with Crippen LogP contribution in [0.1, 0.15) is 31.7 Å². The molecule has 27 heavy (non-hydrogen) atoms. The van der Waals surface area contributed by atoms with Gasteiger partial charge in [-0.1, -0.05) is 43.0 Å². The number of amides is 3. The summed E-state index contributed by atoms with van der Waals surface area (Å²) in [5.41, 5.74) is 5.86. The van der Waals surface area contributed by atoms with Crippen LogP contribution in [0.15, 0.2) is 24.3 Å². The smallest absolute Gasteiger partial charge is 0.276 e. The van der Waals surface area contributed by atoms with Crippen LogP contribution in [0.2, 0.25) is 0 Å². The van der Waals surface area contributed by atoms with Crippen molar-refractivity contribution in [2.45, 2.75) is 32.6 Å². The van der Waals surface area contributed by atoms with E-state index >= 15 is 0 Å². The lowest BCUT2D eigenvalue weighted by molar-refractivity contribution is -0.130. The van der Waals surface area contributed by atoms with Crippen LogP contribution in [0.3, 0.4) is 0 Å². The lowest BCUT2D eigenvalue weighted by atomic mass is 10.2. The number of hydrazine groups is 1. The van der Waals surface area contributed by atoms with Crippen LogP contribution in [0.25, 0.3) is 0 Å². The highest BCUT2D eigenvalue weighted by atomic mass is 32.2. The Kier molecular flexibility index (Phi) is 8.53. The van der Waals surface area contributed by atoms with Gasteiger partial charge in [-0.3, -0.25) is 30.1 Å². The van der Waals surface area contributed by atoms with E-state index in [9.17, 15) is 14.4 Å². The Morgan fingerprint density at radius 3 is 2.52 bits per heavy atom. The average molecular weight is 410 g/mol. The standard InChI is InChI=1S/C18H23N3O4S2/c1-2-13-6-8-14(9-7-13)25-11-16(23)20-19-15(22)5-3-4-10-21-17(24)12-27-18(21)26/h6-9H,2-5,10-12H2,1H3,(H,19,22)(H,20,23). The third kappa shape index (κ3) is 7.18. The van der Waals surface area contributed by atoms with Crippen molar-refractivity contribution in [3.63, 3.8) is 0 Å². The van der Waals surface area contributed by atoms with Gasteiger partial charge in [-0.25, -0.2) is 0 Å². The molecule has 1 aromatic carbocycles. The molecule has 0 bridgehead atoms. The molecule has 2 rings (SSSR count). The van der Waals surface area contributed by atoms with Gasteiger partial charge in [0.25, 0.3) is 5.91 Å². The fraction of sp³-hybridized carbons (Fsp3) is 0.444. The van der Waals surface area contributed by atoms with E-state index in [0.717, 1.165) is 6.42 Å². The normalized spacial score (nSPS) is 13.6. The summed E-state index contributed by atoms with van der Waals surface area (Å²) in [7, 11) is 0. The van der Waals surface area contributed by atoms with Crippen molar-refractivity contribution in [2.24, 2.45) is 0 Å². The molecule has 1 aromatic rings. The van der Waals surface area contributed by atoms with Crippen molar-refractivity contribution in [3.8, 4) is 5.75 Å². The summed E-state index contributed by atoms with van der Waals surface area (Å²) >= 11 is 6.45. The monoisotopic (exact) mass is 409 g/mol. The quantitative estimate of drug-likeness (QED) is 0.367. The molecule has 0 radical (unpaired) electrons. The number of hydrogen-bond acceptors (Lipinski definition) is 6. The van der Waals surface area contributed by atoms with Gasteiger partial charge in [-0.2, -0.15) is 0 Å². The van der Waals surface area contributed by atoms with Crippen molar-refractivity contribution < 1.29 is 19.1 Å². The van der Waals surface area contributed by atoms with Crippen LogP contribution in [0, 0.1) is 0 Å². The van der Waals surface area contributed by atoms with Gasteiger partial charge >= 0.3 is 0 Å². The molecule has 7 nitrogen and oxygen atoms in total. The molecule has 0 atom stereocenters. The number of nitrogens with zero attached hydrogens (tertiary/aromatic N) is 1. The first-order valence-electron chi connectivity index (χ1n) is 8.76. The number of unbranched alkanes of at least 4 members (excludes halogenated alkanes) is 1. The highest BCUT2D eigenvalue weighted by Gasteiger charge is 2.25. The van der Waals surface area contributed by atoms with Crippen LogP contribution in [-0.4, -0.2) is 45.8 Å². The molecule has 0 spiro atoms. The van der Waals surface area contributed by atoms with E-state index in [1.165, 1.54) is 17.3 Å². The van der Waals surface area contributed by atoms with Crippen molar-refractivity contribution in [2.75, 3.05) is 18.9 Å². The molecule has 0 aliphatic carbocycles. The van der Waals surface area contributed by atoms with Gasteiger partial charge in [0.2, 0.25) is 11.8 Å². The number of nitrogens with one attached hydrogen (secondary N) is 2. The average Bonchev–Trinajstić information content (AvgIpc) is 3.00. The summed E-state index contributed by atoms with van der Waals surface area (Å²) in [5.74, 6) is 0.288. The van der Waals surface area contributed by atoms with E-state index < -0.39 is 5.91 Å².